The highest BCUT2D eigenvalue weighted by Gasteiger charge is 2.42. The van der Waals surface area contributed by atoms with Crippen molar-refractivity contribution in [1.82, 2.24) is 0 Å². The van der Waals surface area contributed by atoms with Crippen molar-refractivity contribution in [1.29, 1.82) is 0 Å². The molecule has 0 aromatic carbocycles. The fraction of sp³-hybridized carbons (Fsp3) is 0.600. The van der Waals surface area contributed by atoms with Crippen LogP contribution in [0.3, 0.4) is 0 Å². The van der Waals surface area contributed by atoms with Gasteiger partial charge in [-0.1, -0.05) is 12.5 Å². The van der Waals surface area contributed by atoms with Crippen molar-refractivity contribution in [2.45, 2.75) is 25.3 Å². The van der Waals surface area contributed by atoms with Crippen LogP contribution in [0.2, 0.25) is 0 Å². The van der Waals surface area contributed by atoms with Crippen LogP contribution in [0.15, 0.2) is 17.5 Å². The summed E-state index contributed by atoms with van der Waals surface area (Å²) in [6.45, 7) is 0.228. The van der Waals surface area contributed by atoms with Crippen LogP contribution >= 0.6 is 11.3 Å². The molecule has 2 rings (SSSR count). The molecule has 3 N–H and O–H groups in total. The van der Waals surface area contributed by atoms with Crippen LogP contribution in [0, 0.1) is 5.41 Å². The lowest BCUT2D eigenvalue weighted by Crippen LogP contribution is -2.43. The van der Waals surface area contributed by atoms with Crippen LogP contribution in [0.25, 0.3) is 0 Å². The molecule has 13 heavy (non-hydrogen) atoms. The molecule has 0 radical (unpaired) electrons. The number of hydrogen-bond acceptors (Lipinski definition) is 3. The third-order valence-corrected chi connectivity index (χ3v) is 4.13. The third kappa shape index (κ3) is 1.41. The van der Waals surface area contributed by atoms with Crippen LogP contribution < -0.4 is 5.73 Å². The minimum absolute atomic E-state index is 0.00907. The molecule has 1 atom stereocenters. The number of thiophene rings is 1. The zero-order chi connectivity index (χ0) is 9.31. The standard InChI is InChI=1S/C10H15NOS/c11-9(8-3-1-6-13-8)10(7-12)4-2-5-10/h1,3,6,9,12H,2,4-5,7,11H2/t9-/m1/s1. The fourth-order valence-electron chi connectivity index (χ4n) is 1.97. The van der Waals surface area contributed by atoms with E-state index in [2.05, 4.69) is 6.07 Å². The van der Waals surface area contributed by atoms with Crippen molar-refractivity contribution in [2.24, 2.45) is 11.1 Å². The lowest BCUT2D eigenvalue weighted by Gasteiger charge is -2.44. The number of hydrogen-bond donors (Lipinski definition) is 2. The maximum Gasteiger partial charge on any atom is 0.0505 e. The minimum Gasteiger partial charge on any atom is -0.396 e. The van der Waals surface area contributed by atoms with E-state index in [1.165, 1.54) is 11.3 Å². The molecule has 0 aliphatic heterocycles. The fourth-order valence-corrected chi connectivity index (χ4v) is 2.84. The quantitative estimate of drug-likeness (QED) is 0.777. The lowest BCUT2D eigenvalue weighted by molar-refractivity contribution is 0.0194. The number of aliphatic hydroxyl groups is 1. The van der Waals surface area contributed by atoms with E-state index in [0.717, 1.165) is 12.8 Å². The van der Waals surface area contributed by atoms with Gasteiger partial charge in [0.1, 0.15) is 0 Å². The monoisotopic (exact) mass is 197 g/mol. The van der Waals surface area contributed by atoms with Gasteiger partial charge in [0.15, 0.2) is 0 Å². The lowest BCUT2D eigenvalue weighted by atomic mass is 9.64. The van der Waals surface area contributed by atoms with E-state index in [-0.39, 0.29) is 18.1 Å². The van der Waals surface area contributed by atoms with Gasteiger partial charge in [-0.05, 0) is 24.3 Å². The van der Waals surface area contributed by atoms with E-state index in [0.29, 0.717) is 0 Å². The molecule has 0 spiro atoms. The molecule has 1 heterocycles. The first-order valence-corrected chi connectivity index (χ1v) is 5.56. The molecule has 72 valence electrons. The SMILES string of the molecule is N[C@H](c1cccs1)C1(CO)CCC1. The van der Waals surface area contributed by atoms with Crippen molar-refractivity contribution in [3.05, 3.63) is 22.4 Å². The Kier molecular flexibility index (Phi) is 2.41. The molecule has 1 aromatic heterocycles. The smallest absolute Gasteiger partial charge is 0.0505 e. The Bertz CT molecular complexity index is 261. The van der Waals surface area contributed by atoms with E-state index in [9.17, 15) is 5.11 Å². The van der Waals surface area contributed by atoms with Crippen molar-refractivity contribution < 1.29 is 5.11 Å². The average Bonchev–Trinajstić information content (AvgIpc) is 2.54. The Balaban J connectivity index is 2.16. The van der Waals surface area contributed by atoms with E-state index >= 15 is 0 Å². The highest BCUT2D eigenvalue weighted by molar-refractivity contribution is 7.10. The summed E-state index contributed by atoms with van der Waals surface area (Å²) in [6, 6.07) is 4.11. The molecular formula is C10H15NOS. The second-order valence-electron chi connectivity index (χ2n) is 3.87. The highest BCUT2D eigenvalue weighted by Crippen LogP contribution is 2.49. The summed E-state index contributed by atoms with van der Waals surface area (Å²) in [7, 11) is 0. The first-order chi connectivity index (χ1) is 6.28. The summed E-state index contributed by atoms with van der Waals surface area (Å²) in [5, 5.41) is 11.4. The summed E-state index contributed by atoms with van der Waals surface area (Å²) in [5.41, 5.74) is 6.13. The third-order valence-electron chi connectivity index (χ3n) is 3.17. The number of rotatable bonds is 3. The Labute approximate surface area is 82.4 Å². The molecule has 0 unspecified atom stereocenters. The average molecular weight is 197 g/mol. The van der Waals surface area contributed by atoms with Gasteiger partial charge >= 0.3 is 0 Å². The summed E-state index contributed by atoms with van der Waals surface area (Å²) in [5.74, 6) is 0. The van der Waals surface area contributed by atoms with Gasteiger partial charge in [0.25, 0.3) is 0 Å². The summed E-state index contributed by atoms with van der Waals surface area (Å²) >= 11 is 1.69. The van der Waals surface area contributed by atoms with Gasteiger partial charge in [0, 0.05) is 16.3 Å². The summed E-state index contributed by atoms with van der Waals surface area (Å²) in [4.78, 5) is 1.20. The van der Waals surface area contributed by atoms with E-state index in [1.807, 2.05) is 11.4 Å². The Morgan fingerprint density at radius 1 is 1.62 bits per heavy atom. The summed E-state index contributed by atoms with van der Waals surface area (Å²) in [6.07, 6.45) is 3.35. The van der Waals surface area contributed by atoms with Crippen molar-refractivity contribution >= 4 is 11.3 Å². The minimum atomic E-state index is -0.00907. The Hall–Kier alpha value is -0.380. The normalized spacial score (nSPS) is 22.3. The highest BCUT2D eigenvalue weighted by atomic mass is 32.1. The molecule has 1 aliphatic rings. The molecule has 1 aromatic rings. The number of nitrogens with two attached hydrogens (primary N) is 1. The first kappa shape index (κ1) is 9.19. The summed E-state index contributed by atoms with van der Waals surface area (Å²) < 4.78 is 0. The van der Waals surface area contributed by atoms with E-state index in [1.54, 1.807) is 11.3 Å². The maximum absolute atomic E-state index is 9.33. The van der Waals surface area contributed by atoms with Gasteiger partial charge in [-0.25, -0.2) is 0 Å². The Morgan fingerprint density at radius 3 is 2.77 bits per heavy atom. The van der Waals surface area contributed by atoms with Gasteiger partial charge in [-0.15, -0.1) is 11.3 Å². The predicted molar refractivity (Wildman–Crippen MR) is 54.6 cm³/mol. The zero-order valence-corrected chi connectivity index (χ0v) is 8.39. The molecule has 0 saturated heterocycles. The first-order valence-electron chi connectivity index (χ1n) is 4.68. The molecule has 2 nitrogen and oxygen atoms in total. The largest absolute Gasteiger partial charge is 0.396 e. The van der Waals surface area contributed by atoms with Crippen LogP contribution in [0.5, 0.6) is 0 Å². The van der Waals surface area contributed by atoms with Gasteiger partial charge in [0.05, 0.1) is 6.61 Å². The Morgan fingerprint density at radius 2 is 2.38 bits per heavy atom. The molecule has 1 saturated carbocycles. The van der Waals surface area contributed by atoms with Gasteiger partial charge in [-0.3, -0.25) is 0 Å². The zero-order valence-electron chi connectivity index (χ0n) is 7.57. The van der Waals surface area contributed by atoms with Gasteiger partial charge < -0.3 is 10.8 Å². The molecular weight excluding hydrogens is 182 g/mol. The van der Waals surface area contributed by atoms with Crippen LogP contribution in [0.1, 0.15) is 30.2 Å². The topological polar surface area (TPSA) is 46.2 Å². The van der Waals surface area contributed by atoms with Crippen LogP contribution in [-0.2, 0) is 0 Å². The predicted octanol–water partition coefficient (Wildman–Crippen LogP) is 1.91. The van der Waals surface area contributed by atoms with Gasteiger partial charge in [0.2, 0.25) is 0 Å². The molecule has 1 fully saturated rings. The van der Waals surface area contributed by atoms with Crippen LogP contribution in [0.4, 0.5) is 0 Å². The second-order valence-corrected chi connectivity index (χ2v) is 4.85. The molecule has 0 bridgehead atoms. The second kappa shape index (κ2) is 3.40. The van der Waals surface area contributed by atoms with Crippen molar-refractivity contribution in [3.8, 4) is 0 Å². The van der Waals surface area contributed by atoms with Crippen molar-refractivity contribution in [3.63, 3.8) is 0 Å². The maximum atomic E-state index is 9.33. The molecule has 0 amide bonds. The van der Waals surface area contributed by atoms with E-state index in [4.69, 9.17) is 5.73 Å². The van der Waals surface area contributed by atoms with Gasteiger partial charge in [-0.2, -0.15) is 0 Å². The van der Waals surface area contributed by atoms with Crippen molar-refractivity contribution in [2.75, 3.05) is 6.61 Å². The molecule has 1 aliphatic carbocycles. The number of aliphatic hydroxyl groups excluding tert-OH is 1. The van der Waals surface area contributed by atoms with E-state index < -0.39 is 0 Å². The van der Waals surface area contributed by atoms with Crippen LogP contribution in [-0.4, -0.2) is 11.7 Å². The molecule has 3 heteroatoms.